The minimum absolute atomic E-state index is 0.0111. The van der Waals surface area contributed by atoms with Crippen LogP contribution < -0.4 is 10.6 Å². The second-order valence-corrected chi connectivity index (χ2v) is 7.73. The monoisotopic (exact) mass is 377 g/mol. The Balaban J connectivity index is 1.39. The summed E-state index contributed by atoms with van der Waals surface area (Å²) in [5, 5.41) is 6.07. The van der Waals surface area contributed by atoms with Crippen molar-refractivity contribution in [2.45, 2.75) is 31.8 Å². The van der Waals surface area contributed by atoms with E-state index >= 15 is 0 Å². The van der Waals surface area contributed by atoms with Crippen molar-refractivity contribution in [3.8, 4) is 0 Å². The number of hydrogen-bond donors (Lipinski definition) is 2. The number of piperidine rings is 1. The van der Waals surface area contributed by atoms with Crippen LogP contribution in [0, 0.1) is 6.92 Å². The third-order valence-electron chi connectivity index (χ3n) is 5.55. The van der Waals surface area contributed by atoms with Gasteiger partial charge in [-0.05, 0) is 46.0 Å². The van der Waals surface area contributed by atoms with Gasteiger partial charge in [0.1, 0.15) is 5.76 Å². The Bertz CT molecular complexity index is 654. The fourth-order valence-electron chi connectivity index (χ4n) is 3.68. The van der Waals surface area contributed by atoms with Gasteiger partial charge in [0.15, 0.2) is 5.76 Å². The third kappa shape index (κ3) is 5.23. The Morgan fingerprint density at radius 3 is 2.56 bits per heavy atom. The zero-order valence-corrected chi connectivity index (χ0v) is 16.5. The van der Waals surface area contributed by atoms with E-state index < -0.39 is 0 Å². The van der Waals surface area contributed by atoms with Crippen LogP contribution in [0.3, 0.4) is 0 Å². The summed E-state index contributed by atoms with van der Waals surface area (Å²) in [6.45, 7) is 6.83. The summed E-state index contributed by atoms with van der Waals surface area (Å²) >= 11 is 0. The number of urea groups is 1. The van der Waals surface area contributed by atoms with Crippen molar-refractivity contribution >= 4 is 11.9 Å². The number of hydrogen-bond acceptors (Lipinski definition) is 5. The Kier molecular flexibility index (Phi) is 6.38. The van der Waals surface area contributed by atoms with E-state index in [0.717, 1.165) is 38.2 Å². The Morgan fingerprint density at radius 1 is 1.15 bits per heavy atom. The van der Waals surface area contributed by atoms with E-state index in [1.165, 1.54) is 0 Å². The molecule has 0 radical (unpaired) electrons. The van der Waals surface area contributed by atoms with Crippen LogP contribution in [-0.4, -0.2) is 92.1 Å². The van der Waals surface area contributed by atoms with Gasteiger partial charge in [-0.25, -0.2) is 4.79 Å². The molecule has 2 aliphatic rings. The van der Waals surface area contributed by atoms with E-state index in [9.17, 15) is 9.59 Å². The van der Waals surface area contributed by atoms with E-state index in [1.807, 2.05) is 11.8 Å². The van der Waals surface area contributed by atoms with Gasteiger partial charge in [0.25, 0.3) is 5.91 Å². The molecule has 2 aliphatic heterocycles. The molecule has 3 rings (SSSR count). The molecule has 3 amide bonds. The van der Waals surface area contributed by atoms with Gasteiger partial charge in [0.2, 0.25) is 0 Å². The van der Waals surface area contributed by atoms with Crippen molar-refractivity contribution in [2.75, 3.05) is 53.4 Å². The van der Waals surface area contributed by atoms with Crippen molar-refractivity contribution in [2.24, 2.45) is 0 Å². The highest BCUT2D eigenvalue weighted by Crippen LogP contribution is 2.13. The SMILES string of the molecule is Cc1ccc(C(=O)NC2CCN(C(=O)NC[C@H]3CN(C)CCN3C)CC2)o1. The first-order valence-electron chi connectivity index (χ1n) is 9.71. The van der Waals surface area contributed by atoms with Crippen LogP contribution in [0.1, 0.15) is 29.2 Å². The molecule has 0 unspecified atom stereocenters. The first-order valence-corrected chi connectivity index (χ1v) is 9.71. The van der Waals surface area contributed by atoms with Crippen LogP contribution >= 0.6 is 0 Å². The van der Waals surface area contributed by atoms with E-state index in [-0.39, 0.29) is 18.0 Å². The molecule has 8 heteroatoms. The van der Waals surface area contributed by atoms with Crippen LogP contribution in [0.2, 0.25) is 0 Å². The Hall–Kier alpha value is -2.06. The average Bonchev–Trinajstić information content (AvgIpc) is 3.09. The first kappa shape index (κ1) is 19.7. The van der Waals surface area contributed by atoms with Crippen LogP contribution in [0.5, 0.6) is 0 Å². The van der Waals surface area contributed by atoms with Crippen molar-refractivity contribution in [1.82, 2.24) is 25.3 Å². The number of likely N-dealkylation sites (N-methyl/N-ethyl adjacent to an activating group) is 2. The molecule has 0 aliphatic carbocycles. The predicted molar refractivity (Wildman–Crippen MR) is 103 cm³/mol. The number of carbonyl (C=O) groups is 2. The molecule has 0 saturated carbocycles. The molecule has 1 aromatic rings. The molecule has 2 saturated heterocycles. The zero-order valence-electron chi connectivity index (χ0n) is 16.5. The van der Waals surface area contributed by atoms with Gasteiger partial charge >= 0.3 is 6.03 Å². The maximum atomic E-state index is 12.5. The number of rotatable bonds is 4. The van der Waals surface area contributed by atoms with Crippen LogP contribution in [0.25, 0.3) is 0 Å². The smallest absolute Gasteiger partial charge is 0.317 e. The van der Waals surface area contributed by atoms with Crippen molar-refractivity contribution < 1.29 is 14.0 Å². The van der Waals surface area contributed by atoms with E-state index in [0.29, 0.717) is 31.4 Å². The van der Waals surface area contributed by atoms with E-state index in [4.69, 9.17) is 4.42 Å². The first-order chi connectivity index (χ1) is 12.9. The van der Waals surface area contributed by atoms with E-state index in [1.54, 1.807) is 12.1 Å². The van der Waals surface area contributed by atoms with Gasteiger partial charge in [0.05, 0.1) is 0 Å². The number of furan rings is 1. The highest BCUT2D eigenvalue weighted by molar-refractivity contribution is 5.91. The van der Waals surface area contributed by atoms with Crippen molar-refractivity contribution in [1.29, 1.82) is 0 Å². The minimum atomic E-state index is -0.185. The molecular formula is C19H31N5O3. The molecule has 1 atom stereocenters. The molecule has 0 bridgehead atoms. The van der Waals surface area contributed by atoms with Gasteiger partial charge in [-0.1, -0.05) is 0 Å². The van der Waals surface area contributed by atoms with Crippen molar-refractivity contribution in [3.63, 3.8) is 0 Å². The van der Waals surface area contributed by atoms with Gasteiger partial charge in [-0.15, -0.1) is 0 Å². The summed E-state index contributed by atoms with van der Waals surface area (Å²) < 4.78 is 5.36. The van der Waals surface area contributed by atoms with Crippen LogP contribution in [0.15, 0.2) is 16.5 Å². The lowest BCUT2D eigenvalue weighted by Gasteiger charge is -2.38. The number of amides is 3. The largest absolute Gasteiger partial charge is 0.456 e. The lowest BCUT2D eigenvalue weighted by molar-refractivity contribution is 0.0886. The van der Waals surface area contributed by atoms with Gasteiger partial charge in [0, 0.05) is 51.4 Å². The average molecular weight is 377 g/mol. The molecule has 2 fully saturated rings. The molecule has 8 nitrogen and oxygen atoms in total. The topological polar surface area (TPSA) is 81.1 Å². The standard InChI is InChI=1S/C19H31N5O3/c1-14-4-5-17(27-14)18(25)21-15-6-8-24(9-7-15)19(26)20-12-16-13-22(2)10-11-23(16)3/h4-5,15-16H,6-13H2,1-3H3,(H,20,26)(H,21,25)/t16-/m0/s1. The zero-order chi connectivity index (χ0) is 19.4. The summed E-state index contributed by atoms with van der Waals surface area (Å²) in [5.41, 5.74) is 0. The Morgan fingerprint density at radius 2 is 1.89 bits per heavy atom. The second kappa shape index (κ2) is 8.75. The number of carbonyl (C=O) groups excluding carboxylic acids is 2. The summed E-state index contributed by atoms with van der Waals surface area (Å²) in [4.78, 5) is 31.1. The lowest BCUT2D eigenvalue weighted by Crippen LogP contribution is -2.56. The normalized spacial score (nSPS) is 22.6. The molecular weight excluding hydrogens is 346 g/mol. The maximum absolute atomic E-state index is 12.5. The fraction of sp³-hybridized carbons (Fsp3) is 0.684. The third-order valence-corrected chi connectivity index (χ3v) is 5.55. The van der Waals surface area contributed by atoms with Crippen LogP contribution in [0.4, 0.5) is 4.79 Å². The van der Waals surface area contributed by atoms with Gasteiger partial charge in [-0.3, -0.25) is 9.69 Å². The number of likely N-dealkylation sites (tertiary alicyclic amines) is 1. The van der Waals surface area contributed by atoms with Crippen LogP contribution in [-0.2, 0) is 0 Å². The lowest BCUT2D eigenvalue weighted by atomic mass is 10.1. The molecule has 27 heavy (non-hydrogen) atoms. The highest BCUT2D eigenvalue weighted by Gasteiger charge is 2.27. The fourth-order valence-corrected chi connectivity index (χ4v) is 3.68. The molecule has 0 spiro atoms. The molecule has 150 valence electrons. The molecule has 1 aromatic heterocycles. The van der Waals surface area contributed by atoms with Gasteiger partial charge in [-0.2, -0.15) is 0 Å². The number of nitrogens with one attached hydrogen (secondary N) is 2. The predicted octanol–water partition coefficient (Wildman–Crippen LogP) is 0.738. The second-order valence-electron chi connectivity index (χ2n) is 7.73. The quantitative estimate of drug-likeness (QED) is 0.809. The maximum Gasteiger partial charge on any atom is 0.317 e. The summed E-state index contributed by atoms with van der Waals surface area (Å²) in [7, 11) is 4.23. The summed E-state index contributed by atoms with van der Waals surface area (Å²) in [6.07, 6.45) is 1.51. The van der Waals surface area contributed by atoms with E-state index in [2.05, 4.69) is 34.5 Å². The minimum Gasteiger partial charge on any atom is -0.456 e. The van der Waals surface area contributed by atoms with Gasteiger partial charge < -0.3 is 24.9 Å². The Labute approximate surface area is 160 Å². The van der Waals surface area contributed by atoms with Crippen molar-refractivity contribution in [3.05, 3.63) is 23.7 Å². The summed E-state index contributed by atoms with van der Waals surface area (Å²) in [6, 6.07) is 3.88. The number of aryl methyl sites for hydroxylation is 1. The number of piperazine rings is 1. The molecule has 2 N–H and O–H groups in total. The highest BCUT2D eigenvalue weighted by atomic mass is 16.3. The number of nitrogens with zero attached hydrogens (tertiary/aromatic N) is 3. The summed E-state index contributed by atoms with van der Waals surface area (Å²) in [5.74, 6) is 0.881. The molecule has 3 heterocycles. The molecule has 0 aromatic carbocycles.